The van der Waals surface area contributed by atoms with Crippen LogP contribution in [0.15, 0.2) is 132 Å². The zero-order valence-corrected chi connectivity index (χ0v) is 42.8. The maximum Gasteiger partial charge on any atom is 0.737 e. The van der Waals surface area contributed by atoms with Crippen LogP contribution in [0.5, 0.6) is 0 Å². The summed E-state index contributed by atoms with van der Waals surface area (Å²) in [6.07, 6.45) is 3.78. The van der Waals surface area contributed by atoms with Crippen LogP contribution in [-0.4, -0.2) is 43.3 Å². The Labute approximate surface area is 417 Å². The van der Waals surface area contributed by atoms with Crippen molar-refractivity contribution in [2.45, 2.75) is 83.1 Å². The molecule has 2 aromatic heterocycles. The number of nitrogens with zero attached hydrogens (tertiary/aromatic N) is 4. The molecule has 0 amide bonds. The molecule has 7 aromatic carbocycles. The lowest BCUT2D eigenvalue weighted by molar-refractivity contribution is -0.364. The van der Waals surface area contributed by atoms with Crippen LogP contribution in [0.4, 0.5) is 17.3 Å². The van der Waals surface area contributed by atoms with Gasteiger partial charge in [0.1, 0.15) is 11.4 Å². The van der Waals surface area contributed by atoms with Crippen molar-refractivity contribution in [3.63, 3.8) is 0 Å². The number of aryl methyl sites for hydroxylation is 8. The summed E-state index contributed by atoms with van der Waals surface area (Å²) >= 11 is 0. The Kier molecular flexibility index (Phi) is 9.01. The Morgan fingerprint density at radius 3 is 1.08 bits per heavy atom. The highest BCUT2D eigenvalue weighted by Crippen LogP contribution is 2.51. The number of benzene rings is 7. The molecule has 0 saturated heterocycles. The van der Waals surface area contributed by atoms with Crippen LogP contribution in [0.2, 0.25) is 0 Å². The van der Waals surface area contributed by atoms with E-state index < -0.39 is 13.9 Å². The molecule has 10 heteroatoms. The maximum atomic E-state index is 16.6. The number of rotatable bonds is 4. The second kappa shape index (κ2) is 14.6. The number of halogens is 4. The van der Waals surface area contributed by atoms with E-state index in [-0.39, 0.29) is 0 Å². The van der Waals surface area contributed by atoms with Crippen LogP contribution in [0.1, 0.15) is 95.0 Å². The molecule has 9 aromatic rings. The predicted octanol–water partition coefficient (Wildman–Crippen LogP) is 16.0. The molecule has 0 bridgehead atoms. The molecule has 0 aliphatic carbocycles. The summed E-state index contributed by atoms with van der Waals surface area (Å²) in [5, 5.41) is 9.46. The normalized spacial score (nSPS) is 17.1. The van der Waals surface area contributed by atoms with Gasteiger partial charge in [-0.25, -0.2) is 0 Å². The molecule has 0 atom stereocenters. The molecule has 0 unspecified atom stereocenters. The van der Waals surface area contributed by atoms with Crippen molar-refractivity contribution in [1.29, 1.82) is 0 Å². The smallest absolute Gasteiger partial charge is 0.393 e. The molecular weight excluding hydrogens is 898 g/mol. The van der Waals surface area contributed by atoms with Crippen LogP contribution in [0.3, 0.4) is 0 Å². The fourth-order valence-electron chi connectivity index (χ4n) is 14.3. The van der Waals surface area contributed by atoms with Crippen molar-refractivity contribution in [1.82, 2.24) is 8.96 Å². The lowest BCUT2D eigenvalue weighted by atomic mass is 9.80. The summed E-state index contributed by atoms with van der Waals surface area (Å²) in [5.74, 6) is 0. The van der Waals surface area contributed by atoms with Gasteiger partial charge >= 0.3 is 13.9 Å². The van der Waals surface area contributed by atoms with Gasteiger partial charge in [0.2, 0.25) is 0 Å². The first-order valence-corrected chi connectivity index (χ1v) is 25.1. The minimum atomic E-state index is -4.08. The lowest BCUT2D eigenvalue weighted by Gasteiger charge is -2.35. The van der Waals surface area contributed by atoms with Crippen molar-refractivity contribution < 1.29 is 26.2 Å². The number of fused-ring (bicyclic) bond motifs is 6. The van der Waals surface area contributed by atoms with E-state index in [1.807, 2.05) is 52.0 Å². The first-order valence-electron chi connectivity index (χ1n) is 25.1. The van der Waals surface area contributed by atoms with E-state index in [9.17, 15) is 0 Å². The van der Waals surface area contributed by atoms with Gasteiger partial charge in [0.05, 0.1) is 11.1 Å². The van der Waals surface area contributed by atoms with Gasteiger partial charge in [0.25, 0.3) is 0 Å². The molecule has 0 radical (unpaired) electrons. The number of hydrogen-bond acceptors (Lipinski definition) is 0. The second-order valence-electron chi connectivity index (χ2n) is 21.4. The number of hydrogen-bond donors (Lipinski definition) is 0. The summed E-state index contributed by atoms with van der Waals surface area (Å²) in [4.78, 5) is 0. The zero-order chi connectivity index (χ0) is 50.5. The molecule has 6 heterocycles. The van der Waals surface area contributed by atoms with Crippen molar-refractivity contribution >= 4 is 79.6 Å². The molecule has 0 saturated carbocycles. The van der Waals surface area contributed by atoms with Gasteiger partial charge < -0.3 is 35.2 Å². The van der Waals surface area contributed by atoms with E-state index in [0.717, 1.165) is 99.8 Å². The van der Waals surface area contributed by atoms with Gasteiger partial charge in [0.15, 0.2) is 11.4 Å². The Hall–Kier alpha value is -7.45. The van der Waals surface area contributed by atoms with Gasteiger partial charge in [-0.3, -0.25) is 0 Å². The van der Waals surface area contributed by atoms with Crippen LogP contribution < -0.4 is 0 Å². The third-order valence-corrected chi connectivity index (χ3v) is 16.7. The zero-order valence-electron chi connectivity index (χ0n) is 42.8. The van der Waals surface area contributed by atoms with E-state index in [0.29, 0.717) is 45.6 Å². The number of allylic oxidation sites excluding steroid dienone is 4. The predicted molar refractivity (Wildman–Crippen MR) is 293 cm³/mol. The van der Waals surface area contributed by atoms with Gasteiger partial charge in [-0.15, -0.1) is 0 Å². The van der Waals surface area contributed by atoms with Crippen molar-refractivity contribution in [3.8, 4) is 22.3 Å². The second-order valence-corrected chi connectivity index (χ2v) is 21.4. The third kappa shape index (κ3) is 5.55. The minimum Gasteiger partial charge on any atom is -0.393 e. The summed E-state index contributed by atoms with van der Waals surface area (Å²) < 4.78 is 71.5. The van der Waals surface area contributed by atoms with Gasteiger partial charge in [0, 0.05) is 48.5 Å². The molecule has 4 nitrogen and oxygen atoms in total. The highest BCUT2D eigenvalue weighted by Gasteiger charge is 2.57. The molecule has 4 aliphatic rings. The largest absolute Gasteiger partial charge is 0.737 e. The van der Waals surface area contributed by atoms with Gasteiger partial charge in [-0.05, 0) is 203 Å². The van der Waals surface area contributed by atoms with Crippen molar-refractivity contribution in [3.05, 3.63) is 199 Å². The van der Waals surface area contributed by atoms with Crippen molar-refractivity contribution in [2.75, 3.05) is 0 Å². The van der Waals surface area contributed by atoms with Crippen LogP contribution in [0, 0.1) is 55.4 Å². The Morgan fingerprint density at radius 1 is 0.389 bits per heavy atom. The summed E-state index contributed by atoms with van der Waals surface area (Å²) in [5.41, 5.74) is 20.3. The van der Waals surface area contributed by atoms with Gasteiger partial charge in [-0.1, -0.05) is 84.9 Å². The number of aromatic nitrogens is 2. The molecular formula is C62H54B2F4N4. The molecule has 356 valence electrons. The van der Waals surface area contributed by atoms with E-state index in [1.165, 1.54) is 50.2 Å². The first kappa shape index (κ1) is 44.5. The van der Waals surface area contributed by atoms with E-state index in [4.69, 9.17) is 0 Å². The average Bonchev–Trinajstić information content (AvgIpc) is 4.01. The van der Waals surface area contributed by atoms with E-state index >= 15 is 17.3 Å². The maximum absolute atomic E-state index is 16.6. The Bertz CT molecular complexity index is 3940. The topological polar surface area (TPSA) is 15.9 Å². The van der Waals surface area contributed by atoms with Crippen LogP contribution in [0.25, 0.3) is 76.5 Å². The SMILES string of the molecule is CC1=CC(C)=[N+]2C1=C(c1c(C)cc(-c3ccc4c5ccc(-c6cc(C)c(C7=C8C(C)=CC(C)=[N+]8[B-](F)(F)n8c(C)cc(C)c87)c(C)c6)c6cccc(c7cccc3c74)c65)cc1C)c1c(C)cc(C)n1[B-]2(F)F. The van der Waals surface area contributed by atoms with Gasteiger partial charge in [-0.2, -0.15) is 0 Å². The van der Waals surface area contributed by atoms with Crippen molar-refractivity contribution in [2.24, 2.45) is 0 Å². The monoisotopic (exact) mass is 952 g/mol. The third-order valence-electron chi connectivity index (χ3n) is 16.7. The Morgan fingerprint density at radius 2 is 0.722 bits per heavy atom. The fraction of sp³-hybridized carbons (Fsp3) is 0.194. The molecule has 0 N–H and O–H groups in total. The minimum absolute atomic E-state index is 0.557. The standard InChI is InChI=1S/C62H54B2F4N4/c1-31-27-43(28-32(2)53(31)57-59-35(5)23-39(9)69(59)63(65,66)70-40(10)24-36(6)60(57)70)45-19-21-51-52-22-20-46(48-16-14-18-50(56(48)52)49-17-13-15-47(45)55(49)51)44-29-33(3)54(34(4)30-44)58-61-37(7)25-41(11)71(61)64(67,68)72-42(12)26-38(8)62(58)72/h13-30H,1-12H3. The highest BCUT2D eigenvalue weighted by molar-refractivity contribution is 6.59. The average molecular weight is 953 g/mol. The van der Waals surface area contributed by atoms with Crippen LogP contribution >= 0.6 is 0 Å². The lowest BCUT2D eigenvalue weighted by Crippen LogP contribution is -2.51. The molecule has 13 rings (SSSR count). The quantitative estimate of drug-likeness (QED) is 0.0723. The molecule has 0 fully saturated rings. The van der Waals surface area contributed by atoms with Crippen LogP contribution in [-0.2, 0) is 0 Å². The summed E-state index contributed by atoms with van der Waals surface area (Å²) in [7, 11) is 0. The summed E-state index contributed by atoms with van der Waals surface area (Å²) in [6, 6.07) is 35.1. The first-order chi connectivity index (χ1) is 34.2. The molecule has 72 heavy (non-hydrogen) atoms. The highest BCUT2D eigenvalue weighted by atomic mass is 19.3. The van der Waals surface area contributed by atoms with E-state index in [2.05, 4.69) is 113 Å². The Balaban J connectivity index is 0.960. The van der Waals surface area contributed by atoms with E-state index in [1.54, 1.807) is 27.7 Å². The molecule has 4 aliphatic heterocycles. The summed E-state index contributed by atoms with van der Waals surface area (Å²) in [6.45, 7) is 15.3. The fourth-order valence-corrected chi connectivity index (χ4v) is 14.3. The molecule has 0 spiro atoms.